The van der Waals surface area contributed by atoms with E-state index >= 15 is 0 Å². The summed E-state index contributed by atoms with van der Waals surface area (Å²) in [4.78, 5) is 33.3. The van der Waals surface area contributed by atoms with Gasteiger partial charge in [0.25, 0.3) is 11.5 Å². The number of hydrogen-bond donors (Lipinski definition) is 2. The van der Waals surface area contributed by atoms with Crippen LogP contribution >= 0.6 is 0 Å². The molecule has 0 saturated carbocycles. The lowest BCUT2D eigenvalue weighted by Crippen LogP contribution is -2.28. The summed E-state index contributed by atoms with van der Waals surface area (Å²) in [7, 11) is 0. The zero-order valence-corrected chi connectivity index (χ0v) is 9.05. The Morgan fingerprint density at radius 1 is 1.47 bits per heavy atom. The number of aliphatic carboxylic acids is 1. The van der Waals surface area contributed by atoms with Crippen molar-refractivity contribution in [2.45, 2.75) is 6.54 Å². The molecule has 1 rings (SSSR count). The van der Waals surface area contributed by atoms with Gasteiger partial charge in [-0.05, 0) is 6.07 Å². The summed E-state index contributed by atoms with van der Waals surface area (Å²) in [5.74, 6) is -1.53. The third-order valence-electron chi connectivity index (χ3n) is 1.96. The van der Waals surface area contributed by atoms with Gasteiger partial charge in [0.2, 0.25) is 0 Å². The molecule has 0 fully saturated rings. The van der Waals surface area contributed by atoms with Crippen LogP contribution < -0.4 is 10.9 Å². The summed E-state index contributed by atoms with van der Waals surface area (Å²) in [5.41, 5.74) is -0.236. The predicted molar refractivity (Wildman–Crippen MR) is 60.9 cm³/mol. The zero-order valence-electron chi connectivity index (χ0n) is 9.05. The van der Waals surface area contributed by atoms with Crippen molar-refractivity contribution in [3.05, 3.63) is 46.9 Å². The van der Waals surface area contributed by atoms with Crippen LogP contribution in [0, 0.1) is 0 Å². The lowest BCUT2D eigenvalue weighted by atomic mass is 10.2. The number of amides is 1. The van der Waals surface area contributed by atoms with E-state index in [-0.39, 0.29) is 11.5 Å². The molecule has 0 aliphatic carbocycles. The number of carbonyl (C=O) groups excluding carboxylic acids is 1. The van der Waals surface area contributed by atoms with Crippen molar-refractivity contribution in [2.75, 3.05) is 6.54 Å². The minimum Gasteiger partial charge on any atom is -0.480 e. The first-order valence-corrected chi connectivity index (χ1v) is 4.86. The Labute approximate surface area is 97.2 Å². The van der Waals surface area contributed by atoms with Crippen LogP contribution in [0.4, 0.5) is 0 Å². The fourth-order valence-electron chi connectivity index (χ4n) is 1.20. The maximum atomic E-state index is 11.5. The molecule has 0 bridgehead atoms. The van der Waals surface area contributed by atoms with Gasteiger partial charge in [-0.1, -0.05) is 6.08 Å². The average Bonchev–Trinajstić information content (AvgIpc) is 2.28. The number of hydrogen-bond acceptors (Lipinski definition) is 3. The number of nitrogens with zero attached hydrogens (tertiary/aromatic N) is 1. The smallest absolute Gasteiger partial charge is 0.323 e. The van der Waals surface area contributed by atoms with Gasteiger partial charge in [0, 0.05) is 18.8 Å². The van der Waals surface area contributed by atoms with Gasteiger partial charge in [-0.3, -0.25) is 14.4 Å². The molecule has 0 saturated heterocycles. The van der Waals surface area contributed by atoms with Gasteiger partial charge < -0.3 is 15.0 Å². The number of carboxylic acids is 1. The van der Waals surface area contributed by atoms with Gasteiger partial charge in [0.15, 0.2) is 0 Å². The van der Waals surface area contributed by atoms with E-state index in [1.807, 2.05) is 0 Å². The van der Waals surface area contributed by atoms with E-state index in [0.29, 0.717) is 6.54 Å². The van der Waals surface area contributed by atoms with Gasteiger partial charge >= 0.3 is 5.97 Å². The highest BCUT2D eigenvalue weighted by molar-refractivity contribution is 5.93. The van der Waals surface area contributed by atoms with E-state index < -0.39 is 18.1 Å². The molecule has 0 aliphatic rings. The molecular weight excluding hydrogens is 224 g/mol. The second kappa shape index (κ2) is 5.64. The van der Waals surface area contributed by atoms with Gasteiger partial charge in [-0.2, -0.15) is 0 Å². The van der Waals surface area contributed by atoms with E-state index in [0.717, 1.165) is 10.6 Å². The number of rotatable bonds is 5. The second-order valence-corrected chi connectivity index (χ2v) is 3.28. The zero-order chi connectivity index (χ0) is 12.8. The van der Waals surface area contributed by atoms with Crippen molar-refractivity contribution >= 4 is 11.9 Å². The third-order valence-corrected chi connectivity index (χ3v) is 1.96. The van der Waals surface area contributed by atoms with Crippen LogP contribution in [-0.2, 0) is 11.3 Å². The molecule has 90 valence electrons. The van der Waals surface area contributed by atoms with E-state index in [1.165, 1.54) is 18.3 Å². The number of carboxylic acid groups (broad SMARTS) is 1. The van der Waals surface area contributed by atoms with Crippen molar-refractivity contribution in [3.8, 4) is 0 Å². The molecule has 0 unspecified atom stereocenters. The third kappa shape index (κ3) is 3.60. The second-order valence-electron chi connectivity index (χ2n) is 3.28. The quantitative estimate of drug-likeness (QED) is 0.696. The Hall–Kier alpha value is -2.37. The van der Waals surface area contributed by atoms with Crippen molar-refractivity contribution in [1.29, 1.82) is 0 Å². The topological polar surface area (TPSA) is 88.4 Å². The monoisotopic (exact) mass is 236 g/mol. The van der Waals surface area contributed by atoms with Crippen molar-refractivity contribution in [3.63, 3.8) is 0 Å². The van der Waals surface area contributed by atoms with Gasteiger partial charge in [0.05, 0.1) is 5.56 Å². The highest BCUT2D eigenvalue weighted by Gasteiger charge is 2.08. The summed E-state index contributed by atoms with van der Waals surface area (Å²) < 4.78 is 0.963. The summed E-state index contributed by atoms with van der Waals surface area (Å²) in [6.45, 7) is 3.28. The van der Waals surface area contributed by atoms with Crippen molar-refractivity contribution in [2.24, 2.45) is 0 Å². The number of pyridine rings is 1. The molecule has 1 aromatic heterocycles. The van der Waals surface area contributed by atoms with Gasteiger partial charge in [-0.25, -0.2) is 0 Å². The summed E-state index contributed by atoms with van der Waals surface area (Å²) >= 11 is 0. The summed E-state index contributed by atoms with van der Waals surface area (Å²) in [6, 6.07) is 2.50. The van der Waals surface area contributed by atoms with E-state index in [9.17, 15) is 14.4 Å². The fraction of sp³-hybridized carbons (Fsp3) is 0.182. The summed E-state index contributed by atoms with van der Waals surface area (Å²) in [6.07, 6.45) is 2.74. The van der Waals surface area contributed by atoms with Gasteiger partial charge in [-0.15, -0.1) is 6.58 Å². The summed E-state index contributed by atoms with van der Waals surface area (Å²) in [5, 5.41) is 11.1. The predicted octanol–water partition coefficient (Wildman–Crippen LogP) is -0.151. The van der Waals surface area contributed by atoms with Crippen LogP contribution in [0.1, 0.15) is 10.4 Å². The molecule has 1 amide bonds. The minimum absolute atomic E-state index is 0.229. The Balaban J connectivity index is 2.95. The molecule has 0 spiro atoms. The molecule has 1 heterocycles. The molecule has 17 heavy (non-hydrogen) atoms. The maximum Gasteiger partial charge on any atom is 0.323 e. The highest BCUT2D eigenvalue weighted by atomic mass is 16.4. The van der Waals surface area contributed by atoms with E-state index in [2.05, 4.69) is 11.9 Å². The molecule has 6 heteroatoms. The molecule has 0 aromatic carbocycles. The standard InChI is InChI=1S/C11H12N2O4/c1-2-5-12-11(17)8-3-4-9(14)13(6-8)7-10(15)16/h2-4,6H,1,5,7H2,(H,12,17)(H,15,16). The largest absolute Gasteiger partial charge is 0.480 e. The van der Waals surface area contributed by atoms with Crippen molar-refractivity contribution < 1.29 is 14.7 Å². The number of nitrogens with one attached hydrogen (secondary N) is 1. The molecule has 1 aromatic rings. The van der Waals surface area contributed by atoms with E-state index in [4.69, 9.17) is 5.11 Å². The molecule has 2 N–H and O–H groups in total. The van der Waals surface area contributed by atoms with Crippen LogP contribution in [-0.4, -0.2) is 28.1 Å². The lowest BCUT2D eigenvalue weighted by Gasteiger charge is -2.05. The first kappa shape index (κ1) is 12.7. The fourth-order valence-corrected chi connectivity index (χ4v) is 1.20. The van der Waals surface area contributed by atoms with Crippen molar-refractivity contribution in [1.82, 2.24) is 9.88 Å². The van der Waals surface area contributed by atoms with Crippen LogP contribution in [0.3, 0.4) is 0 Å². The molecule has 6 nitrogen and oxygen atoms in total. The van der Waals surface area contributed by atoms with Gasteiger partial charge in [0.1, 0.15) is 6.54 Å². The molecule has 0 aliphatic heterocycles. The van der Waals surface area contributed by atoms with Crippen LogP contribution in [0.5, 0.6) is 0 Å². The Kier molecular flexibility index (Phi) is 4.21. The number of carbonyl (C=O) groups is 2. The molecular formula is C11H12N2O4. The SMILES string of the molecule is C=CCNC(=O)c1ccc(=O)n(CC(=O)O)c1. The molecule has 0 atom stereocenters. The maximum absolute atomic E-state index is 11.5. The lowest BCUT2D eigenvalue weighted by molar-refractivity contribution is -0.137. The van der Waals surface area contributed by atoms with Crippen LogP contribution in [0.25, 0.3) is 0 Å². The normalized spacial score (nSPS) is 9.65. The Morgan fingerprint density at radius 2 is 2.18 bits per heavy atom. The first-order valence-electron chi connectivity index (χ1n) is 4.86. The Bertz CT molecular complexity index is 504. The number of aromatic nitrogens is 1. The van der Waals surface area contributed by atoms with E-state index in [1.54, 1.807) is 0 Å². The Morgan fingerprint density at radius 3 is 2.76 bits per heavy atom. The van der Waals surface area contributed by atoms with Crippen LogP contribution in [0.2, 0.25) is 0 Å². The average molecular weight is 236 g/mol. The highest BCUT2D eigenvalue weighted by Crippen LogP contribution is 1.96. The minimum atomic E-state index is -1.14. The first-order chi connectivity index (χ1) is 8.04. The molecule has 0 radical (unpaired) electrons. The van der Waals surface area contributed by atoms with Crippen LogP contribution in [0.15, 0.2) is 35.8 Å².